The van der Waals surface area contributed by atoms with Crippen molar-refractivity contribution in [2.24, 2.45) is 0 Å². The summed E-state index contributed by atoms with van der Waals surface area (Å²) in [4.78, 5) is 2.27. The lowest BCUT2D eigenvalue weighted by Gasteiger charge is -2.37. The number of fused-ring (bicyclic) bond motifs is 6. The lowest BCUT2D eigenvalue weighted by Crippen LogP contribution is -2.42. The van der Waals surface area contributed by atoms with Crippen LogP contribution in [0.25, 0.3) is 22.3 Å². The predicted molar refractivity (Wildman–Crippen MR) is 189 cm³/mol. The summed E-state index contributed by atoms with van der Waals surface area (Å²) in [6.45, 7) is 6.15. The zero-order valence-electron chi connectivity index (χ0n) is 27.1. The van der Waals surface area contributed by atoms with E-state index in [1.165, 1.54) is 50.1 Å². The monoisotopic (exact) mass is 607 g/mol. The van der Waals surface area contributed by atoms with E-state index in [1.807, 2.05) is 6.07 Å². The highest BCUT2D eigenvalue weighted by Gasteiger charge is 2.44. The van der Waals surface area contributed by atoms with Crippen LogP contribution < -0.4 is 0 Å². The van der Waals surface area contributed by atoms with E-state index >= 15 is 0 Å². The van der Waals surface area contributed by atoms with Gasteiger partial charge in [0.25, 0.3) is 0 Å². The predicted octanol–water partition coefficient (Wildman–Crippen LogP) is 8.74. The van der Waals surface area contributed by atoms with Gasteiger partial charge in [-0.1, -0.05) is 141 Å². The summed E-state index contributed by atoms with van der Waals surface area (Å²) in [5, 5.41) is 23.9. The Bertz CT molecular complexity index is 1610. The van der Waals surface area contributed by atoms with E-state index in [0.717, 1.165) is 12.8 Å². The Morgan fingerprint density at radius 1 is 0.478 bits per heavy atom. The highest BCUT2D eigenvalue weighted by atomic mass is 16.3. The molecule has 0 fully saturated rings. The topological polar surface area (TPSA) is 43.7 Å². The summed E-state index contributed by atoms with van der Waals surface area (Å²) in [7, 11) is 0. The Labute approximate surface area is 274 Å². The second kappa shape index (κ2) is 12.6. The lowest BCUT2D eigenvalue weighted by molar-refractivity contribution is 0.0445. The summed E-state index contributed by atoms with van der Waals surface area (Å²) >= 11 is 0. The summed E-state index contributed by atoms with van der Waals surface area (Å²) < 4.78 is 0. The maximum absolute atomic E-state index is 11.9. The molecule has 46 heavy (non-hydrogen) atoms. The number of rotatable bonds is 12. The molecule has 0 heterocycles. The number of hydrogen-bond acceptors (Lipinski definition) is 3. The molecule has 0 unspecified atom stereocenters. The maximum atomic E-state index is 11.9. The molecule has 2 aliphatic rings. The summed E-state index contributed by atoms with van der Waals surface area (Å²) in [5.74, 6) is 0. The largest absolute Gasteiger partial charge is 0.392 e. The van der Waals surface area contributed by atoms with Gasteiger partial charge in [0.15, 0.2) is 0 Å². The third-order valence-electron chi connectivity index (χ3n) is 10.9. The van der Waals surface area contributed by atoms with Crippen LogP contribution in [0.5, 0.6) is 0 Å². The number of benzene rings is 5. The minimum absolute atomic E-state index is 0.243. The molecule has 0 saturated heterocycles. The first-order valence-electron chi connectivity index (χ1n) is 17.0. The average molecular weight is 608 g/mol. The van der Waals surface area contributed by atoms with Crippen LogP contribution in [-0.4, -0.2) is 40.4 Å². The Kier molecular flexibility index (Phi) is 8.42. The minimum atomic E-state index is -0.567. The van der Waals surface area contributed by atoms with E-state index in [2.05, 4.69) is 140 Å². The van der Waals surface area contributed by atoms with Crippen molar-refractivity contribution in [1.82, 2.24) is 4.90 Å². The summed E-state index contributed by atoms with van der Waals surface area (Å²) in [6, 6.07) is 45.3. The van der Waals surface area contributed by atoms with Crippen LogP contribution in [0, 0.1) is 0 Å². The second-order valence-corrected chi connectivity index (χ2v) is 13.4. The molecule has 2 atom stereocenters. The molecule has 0 amide bonds. The molecular formula is C43H45NO2. The van der Waals surface area contributed by atoms with Gasteiger partial charge in [0.1, 0.15) is 0 Å². The first-order valence-corrected chi connectivity index (χ1v) is 17.0. The Hall–Kier alpha value is -4.02. The quantitative estimate of drug-likeness (QED) is 0.149. The molecule has 0 aliphatic heterocycles. The molecule has 0 saturated carbocycles. The van der Waals surface area contributed by atoms with Crippen LogP contribution in [0.4, 0.5) is 0 Å². The fourth-order valence-corrected chi connectivity index (χ4v) is 8.90. The standard InChI is InChI=1S/C43H45NO2/c1-3-42(38-22-12-8-18-34(38)35-19-9-13-23-39(35)42)26-32(45)29-44(28-31-16-6-5-7-17-31)30-33(46)27-43(4-2)40-24-14-10-20-36(40)37-21-11-15-25-41(37)43/h5-25,32-33,45-46H,3-4,26-30H2,1-2H3/t32-,33-/m1/s1. The van der Waals surface area contributed by atoms with Crippen molar-refractivity contribution in [2.75, 3.05) is 13.1 Å². The van der Waals surface area contributed by atoms with Gasteiger partial charge in [-0.3, -0.25) is 4.90 Å². The highest BCUT2D eigenvalue weighted by Crippen LogP contribution is 2.54. The molecule has 0 bridgehead atoms. The number of hydrogen-bond donors (Lipinski definition) is 2. The molecule has 0 radical (unpaired) electrons. The van der Waals surface area contributed by atoms with Gasteiger partial charge < -0.3 is 10.2 Å². The van der Waals surface area contributed by atoms with Crippen molar-refractivity contribution < 1.29 is 10.2 Å². The fraction of sp³-hybridized carbons (Fsp3) is 0.302. The number of aliphatic hydroxyl groups is 2. The SMILES string of the molecule is CCC1(C[C@@H](O)CN(Cc2ccccc2)C[C@H](O)CC2(CC)c3ccccc3-c3ccccc32)c2ccccc2-c2ccccc21. The zero-order chi connectivity index (χ0) is 31.7. The van der Waals surface area contributed by atoms with Gasteiger partial charge in [0.05, 0.1) is 12.2 Å². The van der Waals surface area contributed by atoms with Gasteiger partial charge in [0.2, 0.25) is 0 Å². The minimum Gasteiger partial charge on any atom is -0.392 e. The van der Waals surface area contributed by atoms with E-state index in [1.54, 1.807) is 0 Å². The number of nitrogens with zero attached hydrogens (tertiary/aromatic N) is 1. The molecule has 2 N–H and O–H groups in total. The van der Waals surface area contributed by atoms with Gasteiger partial charge >= 0.3 is 0 Å². The van der Waals surface area contributed by atoms with Crippen LogP contribution in [-0.2, 0) is 17.4 Å². The number of aliphatic hydroxyl groups excluding tert-OH is 2. The lowest BCUT2D eigenvalue weighted by atomic mass is 9.71. The van der Waals surface area contributed by atoms with Crippen molar-refractivity contribution in [3.63, 3.8) is 0 Å². The average Bonchev–Trinajstić information content (AvgIpc) is 3.53. The van der Waals surface area contributed by atoms with Crippen LogP contribution >= 0.6 is 0 Å². The van der Waals surface area contributed by atoms with Crippen molar-refractivity contribution in [1.29, 1.82) is 0 Å². The molecule has 0 aromatic heterocycles. The molecule has 0 spiro atoms. The van der Waals surface area contributed by atoms with Gasteiger partial charge in [-0.25, -0.2) is 0 Å². The van der Waals surface area contributed by atoms with E-state index in [-0.39, 0.29) is 10.8 Å². The summed E-state index contributed by atoms with van der Waals surface area (Å²) in [5.41, 5.74) is 11.1. The van der Waals surface area contributed by atoms with E-state index < -0.39 is 12.2 Å². The first kappa shape index (κ1) is 30.6. The Morgan fingerprint density at radius 3 is 1.15 bits per heavy atom. The van der Waals surface area contributed by atoms with Crippen LogP contribution in [0.2, 0.25) is 0 Å². The van der Waals surface area contributed by atoms with Crippen molar-refractivity contribution in [3.8, 4) is 22.3 Å². The second-order valence-electron chi connectivity index (χ2n) is 13.4. The Morgan fingerprint density at radius 2 is 0.804 bits per heavy atom. The third kappa shape index (κ3) is 5.21. The van der Waals surface area contributed by atoms with E-state index in [9.17, 15) is 10.2 Å². The van der Waals surface area contributed by atoms with Crippen molar-refractivity contribution >= 4 is 0 Å². The van der Waals surface area contributed by atoms with Gasteiger partial charge in [-0.2, -0.15) is 0 Å². The van der Waals surface area contributed by atoms with Crippen LogP contribution in [0.15, 0.2) is 127 Å². The molecular weight excluding hydrogens is 562 g/mol. The van der Waals surface area contributed by atoms with E-state index in [0.29, 0.717) is 32.5 Å². The molecule has 234 valence electrons. The molecule has 3 nitrogen and oxygen atoms in total. The van der Waals surface area contributed by atoms with Gasteiger partial charge in [0, 0.05) is 30.5 Å². The molecule has 5 aromatic carbocycles. The van der Waals surface area contributed by atoms with Gasteiger partial charge in [-0.15, -0.1) is 0 Å². The van der Waals surface area contributed by atoms with Crippen LogP contribution in [0.1, 0.15) is 67.3 Å². The highest BCUT2D eigenvalue weighted by molar-refractivity contribution is 5.82. The molecule has 3 heteroatoms. The third-order valence-corrected chi connectivity index (χ3v) is 10.9. The first-order chi connectivity index (χ1) is 22.5. The molecule has 5 aromatic rings. The zero-order valence-corrected chi connectivity index (χ0v) is 27.1. The fourth-order valence-electron chi connectivity index (χ4n) is 8.90. The molecule has 7 rings (SSSR count). The summed E-state index contributed by atoms with van der Waals surface area (Å²) in [6.07, 6.45) is 1.97. The normalized spacial score (nSPS) is 16.4. The molecule has 2 aliphatic carbocycles. The Balaban J connectivity index is 1.16. The van der Waals surface area contributed by atoms with Crippen molar-refractivity contribution in [2.45, 2.75) is 69.1 Å². The van der Waals surface area contributed by atoms with E-state index in [4.69, 9.17) is 0 Å². The van der Waals surface area contributed by atoms with Crippen molar-refractivity contribution in [3.05, 3.63) is 155 Å². The smallest absolute Gasteiger partial charge is 0.0679 e. The van der Waals surface area contributed by atoms with Crippen LogP contribution in [0.3, 0.4) is 0 Å². The van der Waals surface area contributed by atoms with Gasteiger partial charge in [-0.05, 0) is 75.8 Å². The maximum Gasteiger partial charge on any atom is 0.0679 e.